The first-order chi connectivity index (χ1) is 10.2. The highest BCUT2D eigenvalue weighted by Gasteiger charge is 2.24. The van der Waals surface area contributed by atoms with E-state index in [-0.39, 0.29) is 12.7 Å². The van der Waals surface area contributed by atoms with Gasteiger partial charge in [0, 0.05) is 19.1 Å². The normalized spacial score (nSPS) is 22.7. The molecule has 1 aromatic carbocycles. The van der Waals surface area contributed by atoms with Crippen LogP contribution in [0.1, 0.15) is 18.9 Å². The van der Waals surface area contributed by atoms with Crippen molar-refractivity contribution in [2.45, 2.75) is 25.5 Å². The smallest absolute Gasteiger partial charge is 0.137 e. The van der Waals surface area contributed by atoms with Crippen LogP contribution in [0.25, 0.3) is 0 Å². The van der Waals surface area contributed by atoms with Gasteiger partial charge in [-0.05, 0) is 25.5 Å². The van der Waals surface area contributed by atoms with E-state index in [0.29, 0.717) is 30.6 Å². The monoisotopic (exact) mass is 290 g/mol. The van der Waals surface area contributed by atoms with E-state index in [1.54, 1.807) is 6.07 Å². The minimum absolute atomic E-state index is 0.0647. The van der Waals surface area contributed by atoms with E-state index in [9.17, 15) is 0 Å². The number of ether oxygens (including phenoxy) is 2. The van der Waals surface area contributed by atoms with Crippen LogP contribution in [-0.4, -0.2) is 55.1 Å². The van der Waals surface area contributed by atoms with Gasteiger partial charge >= 0.3 is 0 Å². The summed E-state index contributed by atoms with van der Waals surface area (Å²) in [7, 11) is 0. The van der Waals surface area contributed by atoms with Crippen LogP contribution in [0.3, 0.4) is 0 Å². The highest BCUT2D eigenvalue weighted by Crippen LogP contribution is 2.17. The summed E-state index contributed by atoms with van der Waals surface area (Å²) in [6, 6.07) is 9.76. The molecule has 0 amide bonds. The molecule has 114 valence electrons. The van der Waals surface area contributed by atoms with Crippen molar-refractivity contribution in [1.29, 1.82) is 5.26 Å². The SMILES string of the molecule is CC1COC(CO)CN1CCCOc1ccccc1C#N. The Kier molecular flexibility index (Phi) is 6.00. The van der Waals surface area contributed by atoms with Gasteiger partial charge in [-0.2, -0.15) is 5.26 Å². The Morgan fingerprint density at radius 1 is 1.48 bits per heavy atom. The molecule has 1 N–H and O–H groups in total. The van der Waals surface area contributed by atoms with E-state index in [1.165, 1.54) is 0 Å². The quantitative estimate of drug-likeness (QED) is 0.802. The number of hydrogen-bond acceptors (Lipinski definition) is 5. The van der Waals surface area contributed by atoms with Crippen LogP contribution in [0.5, 0.6) is 5.75 Å². The van der Waals surface area contributed by atoms with Gasteiger partial charge in [-0.15, -0.1) is 0 Å². The number of nitriles is 1. The van der Waals surface area contributed by atoms with E-state index in [2.05, 4.69) is 17.9 Å². The lowest BCUT2D eigenvalue weighted by atomic mass is 10.2. The average Bonchev–Trinajstić information content (AvgIpc) is 2.53. The van der Waals surface area contributed by atoms with Gasteiger partial charge in [0.05, 0.1) is 31.5 Å². The van der Waals surface area contributed by atoms with Gasteiger partial charge in [-0.3, -0.25) is 4.90 Å². The molecule has 0 aliphatic carbocycles. The van der Waals surface area contributed by atoms with Gasteiger partial charge in [0.25, 0.3) is 0 Å². The number of rotatable bonds is 6. The summed E-state index contributed by atoms with van der Waals surface area (Å²) in [5.74, 6) is 0.642. The fraction of sp³-hybridized carbons (Fsp3) is 0.562. The molecular formula is C16H22N2O3. The minimum Gasteiger partial charge on any atom is -0.492 e. The maximum Gasteiger partial charge on any atom is 0.137 e. The fourth-order valence-electron chi connectivity index (χ4n) is 2.43. The Hall–Kier alpha value is -1.61. The standard InChI is InChI=1S/C16H22N2O3/c1-13-12-21-15(11-19)10-18(13)7-4-8-20-16-6-3-2-5-14(16)9-17/h2-3,5-6,13,15,19H,4,7-8,10-12H2,1H3. The molecule has 1 aromatic rings. The second-order valence-electron chi connectivity index (χ2n) is 5.29. The topological polar surface area (TPSA) is 65.7 Å². The van der Waals surface area contributed by atoms with Crippen LogP contribution < -0.4 is 4.74 Å². The number of nitrogens with zero attached hydrogens (tertiary/aromatic N) is 2. The lowest BCUT2D eigenvalue weighted by Crippen LogP contribution is -2.49. The Morgan fingerprint density at radius 2 is 2.29 bits per heavy atom. The van der Waals surface area contributed by atoms with Crippen molar-refractivity contribution in [1.82, 2.24) is 4.90 Å². The summed E-state index contributed by atoms with van der Waals surface area (Å²) < 4.78 is 11.2. The third kappa shape index (κ3) is 4.43. The number of aliphatic hydroxyl groups excluding tert-OH is 1. The van der Waals surface area contributed by atoms with Crippen molar-refractivity contribution in [3.63, 3.8) is 0 Å². The first-order valence-corrected chi connectivity index (χ1v) is 7.33. The Labute approximate surface area is 125 Å². The van der Waals surface area contributed by atoms with E-state index >= 15 is 0 Å². The van der Waals surface area contributed by atoms with Gasteiger partial charge in [-0.1, -0.05) is 12.1 Å². The summed E-state index contributed by atoms with van der Waals surface area (Å²) in [5.41, 5.74) is 0.567. The van der Waals surface area contributed by atoms with E-state index < -0.39 is 0 Å². The molecule has 1 heterocycles. The second kappa shape index (κ2) is 7.99. The maximum atomic E-state index is 9.17. The van der Waals surface area contributed by atoms with Crippen molar-refractivity contribution in [2.24, 2.45) is 0 Å². The van der Waals surface area contributed by atoms with Crippen LogP contribution in [0.4, 0.5) is 0 Å². The van der Waals surface area contributed by atoms with Crippen LogP contribution in [0.2, 0.25) is 0 Å². The van der Waals surface area contributed by atoms with Gasteiger partial charge in [-0.25, -0.2) is 0 Å². The molecular weight excluding hydrogens is 268 g/mol. The Bertz CT molecular complexity index is 487. The third-order valence-corrected chi connectivity index (χ3v) is 3.69. The van der Waals surface area contributed by atoms with E-state index in [4.69, 9.17) is 19.8 Å². The number of benzene rings is 1. The van der Waals surface area contributed by atoms with Crippen molar-refractivity contribution in [3.8, 4) is 11.8 Å². The summed E-state index contributed by atoms with van der Waals surface area (Å²) in [5, 5.41) is 18.2. The number of aliphatic hydroxyl groups is 1. The molecule has 0 bridgehead atoms. The van der Waals surface area contributed by atoms with Gasteiger partial charge in [0.2, 0.25) is 0 Å². The van der Waals surface area contributed by atoms with Crippen LogP contribution in [-0.2, 0) is 4.74 Å². The first kappa shape index (κ1) is 15.8. The maximum absolute atomic E-state index is 9.17. The molecule has 0 radical (unpaired) electrons. The zero-order valence-corrected chi connectivity index (χ0v) is 12.4. The third-order valence-electron chi connectivity index (χ3n) is 3.69. The van der Waals surface area contributed by atoms with Crippen LogP contribution in [0.15, 0.2) is 24.3 Å². The molecule has 5 heteroatoms. The summed E-state index contributed by atoms with van der Waals surface area (Å²) in [6.45, 7) is 5.08. The van der Waals surface area contributed by atoms with Crippen molar-refractivity contribution in [3.05, 3.63) is 29.8 Å². The first-order valence-electron chi connectivity index (χ1n) is 7.33. The molecule has 1 aliphatic heterocycles. The average molecular weight is 290 g/mol. The lowest BCUT2D eigenvalue weighted by molar-refractivity contribution is -0.0784. The fourth-order valence-corrected chi connectivity index (χ4v) is 2.43. The van der Waals surface area contributed by atoms with E-state index in [1.807, 2.05) is 18.2 Å². The Morgan fingerprint density at radius 3 is 3.05 bits per heavy atom. The summed E-state index contributed by atoms with van der Waals surface area (Å²) >= 11 is 0. The summed E-state index contributed by atoms with van der Waals surface area (Å²) in [6.07, 6.45) is 0.795. The van der Waals surface area contributed by atoms with Crippen molar-refractivity contribution < 1.29 is 14.6 Å². The molecule has 2 atom stereocenters. The molecule has 0 saturated carbocycles. The molecule has 21 heavy (non-hydrogen) atoms. The molecule has 2 rings (SSSR count). The van der Waals surface area contributed by atoms with Gasteiger partial charge in [0.15, 0.2) is 0 Å². The van der Waals surface area contributed by atoms with Gasteiger partial charge in [0.1, 0.15) is 11.8 Å². The molecule has 2 unspecified atom stereocenters. The molecule has 0 aromatic heterocycles. The molecule has 1 saturated heterocycles. The predicted octanol–water partition coefficient (Wildman–Crippen LogP) is 1.41. The van der Waals surface area contributed by atoms with Crippen LogP contribution in [0, 0.1) is 11.3 Å². The van der Waals surface area contributed by atoms with Crippen molar-refractivity contribution in [2.75, 3.05) is 32.9 Å². The number of hydrogen-bond donors (Lipinski definition) is 1. The zero-order valence-electron chi connectivity index (χ0n) is 12.4. The Balaban J connectivity index is 1.75. The summed E-state index contributed by atoms with van der Waals surface area (Å²) in [4.78, 5) is 2.31. The highest BCUT2D eigenvalue weighted by molar-refractivity contribution is 5.42. The van der Waals surface area contributed by atoms with E-state index in [0.717, 1.165) is 19.5 Å². The van der Waals surface area contributed by atoms with Crippen LogP contribution >= 0.6 is 0 Å². The second-order valence-corrected chi connectivity index (χ2v) is 5.29. The zero-order chi connectivity index (χ0) is 15.1. The molecule has 1 aliphatic rings. The molecule has 1 fully saturated rings. The molecule has 0 spiro atoms. The molecule has 5 nitrogen and oxygen atoms in total. The number of morpholine rings is 1. The minimum atomic E-state index is -0.0820. The van der Waals surface area contributed by atoms with Crippen molar-refractivity contribution >= 4 is 0 Å². The predicted molar refractivity (Wildman–Crippen MR) is 79.1 cm³/mol. The lowest BCUT2D eigenvalue weighted by Gasteiger charge is -2.37. The number of para-hydroxylation sites is 1. The highest BCUT2D eigenvalue weighted by atomic mass is 16.5. The van der Waals surface area contributed by atoms with Gasteiger partial charge < -0.3 is 14.6 Å². The largest absolute Gasteiger partial charge is 0.492 e.